The Morgan fingerprint density at radius 3 is 2.33 bits per heavy atom. The summed E-state index contributed by atoms with van der Waals surface area (Å²) in [6, 6.07) is -0.799. The first kappa shape index (κ1) is 14.7. The zero-order chi connectivity index (χ0) is 14.1. The zero-order valence-electron chi connectivity index (χ0n) is 10.2. The Morgan fingerprint density at radius 1 is 1.44 bits per heavy atom. The summed E-state index contributed by atoms with van der Waals surface area (Å²) >= 11 is 0. The van der Waals surface area contributed by atoms with Gasteiger partial charge < -0.3 is 11.1 Å². The van der Waals surface area contributed by atoms with Crippen LogP contribution in [-0.2, 0) is 4.79 Å². The van der Waals surface area contributed by atoms with Crippen molar-refractivity contribution < 1.29 is 22.8 Å². The van der Waals surface area contributed by atoms with E-state index < -0.39 is 42.7 Å². The van der Waals surface area contributed by atoms with Gasteiger partial charge in [-0.05, 0) is 13.3 Å². The monoisotopic (exact) mass is 267 g/mol. The summed E-state index contributed by atoms with van der Waals surface area (Å²) in [5.41, 5.74) is 3.92. The van der Waals surface area contributed by atoms with Gasteiger partial charge in [-0.3, -0.25) is 9.69 Å². The maximum atomic E-state index is 12.6. The van der Waals surface area contributed by atoms with Crippen LogP contribution in [0.25, 0.3) is 0 Å². The summed E-state index contributed by atoms with van der Waals surface area (Å²) in [6.45, 7) is 1.76. The summed E-state index contributed by atoms with van der Waals surface area (Å²) in [6.07, 6.45) is -4.21. The molecule has 0 bridgehead atoms. The predicted molar refractivity (Wildman–Crippen MR) is 57.5 cm³/mol. The van der Waals surface area contributed by atoms with E-state index in [0.29, 0.717) is 11.3 Å². The first-order valence-corrected chi connectivity index (χ1v) is 5.56. The van der Waals surface area contributed by atoms with Gasteiger partial charge in [0, 0.05) is 13.1 Å². The Hall–Kier alpha value is -1.31. The largest absolute Gasteiger partial charge is 0.394 e. The summed E-state index contributed by atoms with van der Waals surface area (Å²) < 4.78 is 37.7. The molecule has 2 unspecified atom stereocenters. The lowest BCUT2D eigenvalue weighted by Gasteiger charge is -2.24. The number of urea groups is 1. The molecular weight excluding hydrogens is 251 g/mol. The Morgan fingerprint density at radius 2 is 2.00 bits per heavy atom. The number of nitrogens with zero attached hydrogens (tertiary/aromatic N) is 1. The Bertz CT molecular complexity index is 359. The Balaban J connectivity index is 2.85. The molecular formula is C10H16F3N3O2. The average molecular weight is 267 g/mol. The van der Waals surface area contributed by atoms with Gasteiger partial charge in [0.25, 0.3) is 5.91 Å². The van der Waals surface area contributed by atoms with E-state index in [0.717, 1.165) is 0 Å². The minimum absolute atomic E-state index is 0.313. The van der Waals surface area contributed by atoms with Crippen molar-refractivity contribution in [1.82, 2.24) is 10.2 Å². The molecule has 0 aromatic rings. The summed E-state index contributed by atoms with van der Waals surface area (Å²) in [5.74, 6) is -2.54. The highest BCUT2D eigenvalue weighted by Crippen LogP contribution is 2.29. The molecule has 104 valence electrons. The van der Waals surface area contributed by atoms with E-state index >= 15 is 0 Å². The fourth-order valence-electron chi connectivity index (χ4n) is 1.68. The fraction of sp³-hybridized carbons (Fsp3) is 0.800. The van der Waals surface area contributed by atoms with Gasteiger partial charge in [-0.25, -0.2) is 4.79 Å². The molecule has 0 aromatic heterocycles. The first-order valence-electron chi connectivity index (χ1n) is 5.56. The highest BCUT2D eigenvalue weighted by molar-refractivity contribution is 6.06. The highest BCUT2D eigenvalue weighted by atomic mass is 19.4. The quantitative estimate of drug-likeness (QED) is 0.741. The molecule has 1 aliphatic heterocycles. The standard InChI is InChI=1S/C10H16F3N3O2/c1-3-9(2)7(17)16(8(18)15-9)5-6(4-14)10(11,12)13/h6H,3-5,14H2,1-2H3,(H,15,18). The van der Waals surface area contributed by atoms with Crippen LogP contribution in [0.2, 0.25) is 0 Å². The number of hydrogen-bond acceptors (Lipinski definition) is 3. The lowest BCUT2D eigenvalue weighted by atomic mass is 9.99. The maximum Gasteiger partial charge on any atom is 0.394 e. The van der Waals surface area contributed by atoms with E-state index in [1.807, 2.05) is 0 Å². The predicted octanol–water partition coefficient (Wildman–Crippen LogP) is 0.844. The number of nitrogens with one attached hydrogen (secondary N) is 1. The molecule has 3 amide bonds. The molecule has 1 aliphatic rings. The molecule has 0 spiro atoms. The maximum absolute atomic E-state index is 12.6. The van der Waals surface area contributed by atoms with E-state index in [1.54, 1.807) is 6.92 Å². The molecule has 1 rings (SSSR count). The average Bonchev–Trinajstić information content (AvgIpc) is 2.47. The molecule has 3 N–H and O–H groups in total. The van der Waals surface area contributed by atoms with E-state index in [-0.39, 0.29) is 0 Å². The second-order valence-corrected chi connectivity index (χ2v) is 4.51. The van der Waals surface area contributed by atoms with Gasteiger partial charge in [0.05, 0.1) is 5.92 Å². The molecule has 0 aliphatic carbocycles. The zero-order valence-corrected chi connectivity index (χ0v) is 10.2. The van der Waals surface area contributed by atoms with Crippen molar-refractivity contribution in [2.24, 2.45) is 11.7 Å². The topological polar surface area (TPSA) is 75.4 Å². The van der Waals surface area contributed by atoms with Crippen molar-refractivity contribution in [3.05, 3.63) is 0 Å². The minimum atomic E-state index is -4.53. The number of imide groups is 1. The van der Waals surface area contributed by atoms with Gasteiger partial charge >= 0.3 is 12.2 Å². The number of alkyl halides is 3. The summed E-state index contributed by atoms with van der Waals surface area (Å²) in [5, 5.41) is 2.39. The fourth-order valence-corrected chi connectivity index (χ4v) is 1.68. The van der Waals surface area contributed by atoms with Crippen LogP contribution in [0.3, 0.4) is 0 Å². The molecule has 0 aromatic carbocycles. The van der Waals surface area contributed by atoms with Crippen LogP contribution in [0, 0.1) is 5.92 Å². The molecule has 1 heterocycles. The molecule has 18 heavy (non-hydrogen) atoms. The Kier molecular flexibility index (Phi) is 3.89. The molecule has 2 atom stereocenters. The Labute approximate surface area is 102 Å². The molecule has 8 heteroatoms. The highest BCUT2D eigenvalue weighted by Gasteiger charge is 2.49. The van der Waals surface area contributed by atoms with Gasteiger partial charge in [-0.15, -0.1) is 0 Å². The number of amides is 3. The van der Waals surface area contributed by atoms with Gasteiger partial charge in [-0.2, -0.15) is 13.2 Å². The van der Waals surface area contributed by atoms with Crippen molar-refractivity contribution in [3.8, 4) is 0 Å². The lowest BCUT2D eigenvalue weighted by Crippen LogP contribution is -2.45. The molecule has 5 nitrogen and oxygen atoms in total. The van der Waals surface area contributed by atoms with Gasteiger partial charge in [0.15, 0.2) is 0 Å². The number of halogens is 3. The number of rotatable bonds is 4. The summed E-state index contributed by atoms with van der Waals surface area (Å²) in [7, 11) is 0. The van der Waals surface area contributed by atoms with Crippen molar-refractivity contribution in [2.75, 3.05) is 13.1 Å². The first-order chi connectivity index (χ1) is 8.15. The summed E-state index contributed by atoms with van der Waals surface area (Å²) in [4.78, 5) is 24.0. The number of carbonyl (C=O) groups excluding carboxylic acids is 2. The smallest absolute Gasteiger partial charge is 0.330 e. The molecule has 1 saturated heterocycles. The minimum Gasteiger partial charge on any atom is -0.330 e. The van der Waals surface area contributed by atoms with Crippen molar-refractivity contribution >= 4 is 11.9 Å². The number of carbonyl (C=O) groups is 2. The van der Waals surface area contributed by atoms with E-state index in [2.05, 4.69) is 5.32 Å². The van der Waals surface area contributed by atoms with Crippen molar-refractivity contribution in [1.29, 1.82) is 0 Å². The third-order valence-corrected chi connectivity index (χ3v) is 3.20. The lowest BCUT2D eigenvalue weighted by molar-refractivity contribution is -0.175. The van der Waals surface area contributed by atoms with Crippen LogP contribution in [0.5, 0.6) is 0 Å². The normalized spacial score (nSPS) is 26.4. The van der Waals surface area contributed by atoms with E-state index in [9.17, 15) is 22.8 Å². The number of nitrogens with two attached hydrogens (primary N) is 1. The SMILES string of the molecule is CCC1(C)NC(=O)N(CC(CN)C(F)(F)F)C1=O. The van der Waals surface area contributed by atoms with E-state index in [4.69, 9.17) is 5.73 Å². The van der Waals surface area contributed by atoms with Crippen LogP contribution in [0.15, 0.2) is 0 Å². The van der Waals surface area contributed by atoms with Crippen LogP contribution in [0.1, 0.15) is 20.3 Å². The molecule has 1 fully saturated rings. The van der Waals surface area contributed by atoms with Crippen molar-refractivity contribution in [3.63, 3.8) is 0 Å². The van der Waals surface area contributed by atoms with Gasteiger partial charge in [-0.1, -0.05) is 6.92 Å². The molecule has 0 saturated carbocycles. The second-order valence-electron chi connectivity index (χ2n) is 4.51. The third-order valence-electron chi connectivity index (χ3n) is 3.20. The van der Waals surface area contributed by atoms with Crippen LogP contribution >= 0.6 is 0 Å². The number of hydrogen-bond donors (Lipinski definition) is 2. The van der Waals surface area contributed by atoms with Crippen molar-refractivity contribution in [2.45, 2.75) is 32.0 Å². The second kappa shape index (κ2) is 4.75. The third kappa shape index (κ3) is 2.58. The van der Waals surface area contributed by atoms with Gasteiger partial charge in [0.1, 0.15) is 5.54 Å². The van der Waals surface area contributed by atoms with Crippen LogP contribution in [-0.4, -0.2) is 41.6 Å². The van der Waals surface area contributed by atoms with Gasteiger partial charge in [0.2, 0.25) is 0 Å². The van der Waals surface area contributed by atoms with Crippen LogP contribution in [0.4, 0.5) is 18.0 Å². The van der Waals surface area contributed by atoms with Crippen LogP contribution < -0.4 is 11.1 Å². The molecule has 0 radical (unpaired) electrons. The van der Waals surface area contributed by atoms with E-state index in [1.165, 1.54) is 6.92 Å².